The molecule has 0 bridgehead atoms. The normalized spacial score (nSPS) is 18.6. The van der Waals surface area contributed by atoms with Crippen LogP contribution in [0.15, 0.2) is 23.1 Å². The number of benzene rings is 1. The van der Waals surface area contributed by atoms with Crippen LogP contribution in [0.4, 0.5) is 5.69 Å². The van der Waals surface area contributed by atoms with Gasteiger partial charge in [0.2, 0.25) is 5.91 Å². The van der Waals surface area contributed by atoms with E-state index in [0.717, 1.165) is 4.90 Å². The number of thioether (sulfide) groups is 1. The van der Waals surface area contributed by atoms with Gasteiger partial charge in [-0.3, -0.25) is 9.59 Å². The summed E-state index contributed by atoms with van der Waals surface area (Å²) in [7, 11) is 0. The molecule has 5 nitrogen and oxygen atoms in total. The molecule has 0 aromatic heterocycles. The summed E-state index contributed by atoms with van der Waals surface area (Å²) in [5, 5.41) is 5.64. The van der Waals surface area contributed by atoms with Crippen molar-refractivity contribution >= 4 is 29.3 Å². The van der Waals surface area contributed by atoms with Gasteiger partial charge in [0.15, 0.2) is 0 Å². The lowest BCUT2D eigenvalue weighted by Gasteiger charge is -2.27. The molecule has 2 amide bonds. The second-order valence-corrected chi connectivity index (χ2v) is 5.27. The maximum absolute atomic E-state index is 11.9. The number of hydrogen-bond acceptors (Lipinski definition) is 4. The minimum absolute atomic E-state index is 0.0301. The maximum Gasteiger partial charge on any atom is 0.251 e. The SMILES string of the molecule is O=C1CSc2ccc(C(=O)NC3COC3)cc2N1. The molecule has 2 N–H and O–H groups in total. The topological polar surface area (TPSA) is 67.4 Å². The number of anilines is 1. The molecule has 18 heavy (non-hydrogen) atoms. The highest BCUT2D eigenvalue weighted by Crippen LogP contribution is 2.31. The average molecular weight is 264 g/mol. The van der Waals surface area contributed by atoms with E-state index in [-0.39, 0.29) is 17.9 Å². The Kier molecular flexibility index (Phi) is 2.97. The van der Waals surface area contributed by atoms with E-state index >= 15 is 0 Å². The highest BCUT2D eigenvalue weighted by atomic mass is 32.2. The molecule has 2 aliphatic rings. The van der Waals surface area contributed by atoms with Crippen molar-refractivity contribution in [2.45, 2.75) is 10.9 Å². The zero-order valence-electron chi connectivity index (χ0n) is 9.56. The summed E-state index contributed by atoms with van der Waals surface area (Å²) in [6.07, 6.45) is 0. The largest absolute Gasteiger partial charge is 0.377 e. The lowest BCUT2D eigenvalue weighted by molar-refractivity contribution is -0.113. The molecule has 1 aromatic carbocycles. The van der Waals surface area contributed by atoms with E-state index in [1.807, 2.05) is 6.07 Å². The van der Waals surface area contributed by atoms with Crippen LogP contribution >= 0.6 is 11.8 Å². The van der Waals surface area contributed by atoms with Crippen LogP contribution in [0.2, 0.25) is 0 Å². The van der Waals surface area contributed by atoms with Crippen molar-refractivity contribution in [3.63, 3.8) is 0 Å². The highest BCUT2D eigenvalue weighted by Gasteiger charge is 2.22. The molecule has 1 aromatic rings. The van der Waals surface area contributed by atoms with Gasteiger partial charge in [0.1, 0.15) is 0 Å². The van der Waals surface area contributed by atoms with Gasteiger partial charge < -0.3 is 15.4 Å². The number of fused-ring (bicyclic) bond motifs is 1. The van der Waals surface area contributed by atoms with Crippen LogP contribution in [0.5, 0.6) is 0 Å². The van der Waals surface area contributed by atoms with E-state index in [0.29, 0.717) is 30.2 Å². The maximum atomic E-state index is 11.9. The fourth-order valence-electron chi connectivity index (χ4n) is 1.81. The first kappa shape index (κ1) is 11.6. The van der Waals surface area contributed by atoms with Crippen LogP contribution < -0.4 is 10.6 Å². The summed E-state index contributed by atoms with van der Waals surface area (Å²) in [6, 6.07) is 5.47. The van der Waals surface area contributed by atoms with Gasteiger partial charge in [-0.2, -0.15) is 0 Å². The molecule has 2 aliphatic heterocycles. The van der Waals surface area contributed by atoms with Crippen molar-refractivity contribution in [3.8, 4) is 0 Å². The van der Waals surface area contributed by atoms with Gasteiger partial charge in [-0.25, -0.2) is 0 Å². The predicted octanol–water partition coefficient (Wildman–Crippen LogP) is 0.859. The standard InChI is InChI=1S/C12H12N2O3S/c15-11-6-18-10-2-1-7(3-9(10)14-11)12(16)13-8-4-17-5-8/h1-3,8H,4-6H2,(H,13,16)(H,14,15). The summed E-state index contributed by atoms with van der Waals surface area (Å²) in [4.78, 5) is 24.2. The van der Waals surface area contributed by atoms with Crippen LogP contribution in [0.25, 0.3) is 0 Å². The van der Waals surface area contributed by atoms with Gasteiger partial charge in [-0.05, 0) is 18.2 Å². The number of ether oxygens (including phenoxy) is 1. The number of carbonyl (C=O) groups is 2. The van der Waals surface area contributed by atoms with Crippen molar-refractivity contribution in [1.29, 1.82) is 0 Å². The third-order valence-corrected chi connectivity index (χ3v) is 3.92. The lowest BCUT2D eigenvalue weighted by Crippen LogP contribution is -2.48. The van der Waals surface area contributed by atoms with Gasteiger partial charge in [0.25, 0.3) is 5.91 Å². The molecule has 1 saturated heterocycles. The first-order valence-electron chi connectivity index (χ1n) is 5.68. The quantitative estimate of drug-likeness (QED) is 0.831. The van der Waals surface area contributed by atoms with Crippen molar-refractivity contribution in [2.24, 2.45) is 0 Å². The van der Waals surface area contributed by atoms with Gasteiger partial charge in [0, 0.05) is 10.5 Å². The Morgan fingerprint density at radius 3 is 3.00 bits per heavy atom. The van der Waals surface area contributed by atoms with Crippen molar-refractivity contribution in [3.05, 3.63) is 23.8 Å². The van der Waals surface area contributed by atoms with E-state index in [9.17, 15) is 9.59 Å². The van der Waals surface area contributed by atoms with Crippen LogP contribution in [0.3, 0.4) is 0 Å². The third kappa shape index (κ3) is 2.21. The van der Waals surface area contributed by atoms with Crippen LogP contribution in [-0.2, 0) is 9.53 Å². The summed E-state index contributed by atoms with van der Waals surface area (Å²) in [5.41, 5.74) is 1.28. The zero-order chi connectivity index (χ0) is 12.5. The summed E-state index contributed by atoms with van der Waals surface area (Å²) in [6.45, 7) is 1.15. The molecule has 0 spiro atoms. The summed E-state index contributed by atoms with van der Waals surface area (Å²) >= 11 is 1.48. The molecule has 2 heterocycles. The first-order chi connectivity index (χ1) is 8.72. The van der Waals surface area contributed by atoms with Crippen molar-refractivity contribution in [2.75, 3.05) is 24.3 Å². The molecule has 6 heteroatoms. The van der Waals surface area contributed by atoms with Crippen LogP contribution in [-0.4, -0.2) is 36.8 Å². The van der Waals surface area contributed by atoms with E-state index in [1.165, 1.54) is 11.8 Å². The van der Waals surface area contributed by atoms with Crippen LogP contribution in [0.1, 0.15) is 10.4 Å². The predicted molar refractivity (Wildman–Crippen MR) is 67.9 cm³/mol. The molecule has 0 radical (unpaired) electrons. The molecular formula is C12H12N2O3S. The summed E-state index contributed by atoms with van der Waals surface area (Å²) in [5.74, 6) is 0.270. The minimum atomic E-state index is -0.129. The van der Waals surface area contributed by atoms with E-state index < -0.39 is 0 Å². The Morgan fingerprint density at radius 1 is 1.44 bits per heavy atom. The minimum Gasteiger partial charge on any atom is -0.377 e. The Morgan fingerprint density at radius 2 is 2.28 bits per heavy atom. The summed E-state index contributed by atoms with van der Waals surface area (Å²) < 4.78 is 5.00. The van der Waals surface area contributed by atoms with Crippen molar-refractivity contribution < 1.29 is 14.3 Å². The van der Waals surface area contributed by atoms with E-state index in [1.54, 1.807) is 12.1 Å². The van der Waals surface area contributed by atoms with Crippen molar-refractivity contribution in [1.82, 2.24) is 5.32 Å². The second-order valence-electron chi connectivity index (χ2n) is 4.26. The highest BCUT2D eigenvalue weighted by molar-refractivity contribution is 8.00. The molecule has 3 rings (SSSR count). The number of carbonyl (C=O) groups excluding carboxylic acids is 2. The Balaban J connectivity index is 1.78. The molecule has 94 valence electrons. The molecule has 1 fully saturated rings. The van der Waals surface area contributed by atoms with Crippen LogP contribution in [0, 0.1) is 0 Å². The monoisotopic (exact) mass is 264 g/mol. The van der Waals surface area contributed by atoms with E-state index in [4.69, 9.17) is 4.74 Å². The number of rotatable bonds is 2. The van der Waals surface area contributed by atoms with E-state index in [2.05, 4.69) is 10.6 Å². The smallest absolute Gasteiger partial charge is 0.251 e. The Hall–Kier alpha value is -1.53. The molecule has 0 aliphatic carbocycles. The molecule has 0 atom stereocenters. The van der Waals surface area contributed by atoms with Gasteiger partial charge in [0.05, 0.1) is 30.7 Å². The fourth-order valence-corrected chi connectivity index (χ4v) is 2.60. The number of hydrogen-bond donors (Lipinski definition) is 2. The lowest BCUT2D eigenvalue weighted by atomic mass is 10.1. The Labute approximate surface area is 108 Å². The van der Waals surface area contributed by atoms with Gasteiger partial charge in [-0.1, -0.05) is 0 Å². The average Bonchev–Trinajstić information content (AvgIpc) is 2.32. The molecule has 0 unspecified atom stereocenters. The number of nitrogens with one attached hydrogen (secondary N) is 2. The fraction of sp³-hybridized carbons (Fsp3) is 0.333. The van der Waals surface area contributed by atoms with Gasteiger partial charge in [-0.15, -0.1) is 11.8 Å². The molecular weight excluding hydrogens is 252 g/mol. The van der Waals surface area contributed by atoms with Gasteiger partial charge >= 0.3 is 0 Å². The second kappa shape index (κ2) is 4.62. The number of amides is 2. The first-order valence-corrected chi connectivity index (χ1v) is 6.66. The molecule has 0 saturated carbocycles. The third-order valence-electron chi connectivity index (χ3n) is 2.85. The Bertz CT molecular complexity index is 514. The zero-order valence-corrected chi connectivity index (χ0v) is 10.4.